The Morgan fingerprint density at radius 3 is 2.94 bits per heavy atom. The topological polar surface area (TPSA) is 95.2 Å². The maximum absolute atomic E-state index is 12.2. The molecule has 1 saturated heterocycles. The van der Waals surface area contributed by atoms with Crippen LogP contribution in [0.3, 0.4) is 0 Å². The smallest absolute Gasteiger partial charge is 0.274 e. The van der Waals surface area contributed by atoms with E-state index in [-0.39, 0.29) is 23.1 Å². The SMILES string of the molecule is CCC1C(=O)NCCN1C(=O)c1c[nH]c(=O)cn1. The number of piperazine rings is 1. The summed E-state index contributed by atoms with van der Waals surface area (Å²) in [4.78, 5) is 42.4. The van der Waals surface area contributed by atoms with E-state index in [4.69, 9.17) is 0 Å². The zero-order chi connectivity index (χ0) is 13.1. The van der Waals surface area contributed by atoms with Crippen molar-refractivity contribution in [1.29, 1.82) is 0 Å². The summed E-state index contributed by atoms with van der Waals surface area (Å²) in [6.45, 7) is 2.73. The van der Waals surface area contributed by atoms with E-state index in [0.717, 1.165) is 6.20 Å². The molecule has 1 unspecified atom stereocenters. The van der Waals surface area contributed by atoms with E-state index in [1.54, 1.807) is 0 Å². The van der Waals surface area contributed by atoms with Gasteiger partial charge in [-0.2, -0.15) is 0 Å². The predicted octanol–water partition coefficient (Wildman–Crippen LogP) is -0.879. The van der Waals surface area contributed by atoms with Crippen LogP contribution in [0.1, 0.15) is 23.8 Å². The summed E-state index contributed by atoms with van der Waals surface area (Å²) in [5, 5.41) is 2.72. The third-order valence-electron chi connectivity index (χ3n) is 2.87. The first-order chi connectivity index (χ1) is 8.63. The summed E-state index contributed by atoms with van der Waals surface area (Å²) < 4.78 is 0. The van der Waals surface area contributed by atoms with Crippen LogP contribution in [0.25, 0.3) is 0 Å². The lowest BCUT2D eigenvalue weighted by Gasteiger charge is -2.34. The highest BCUT2D eigenvalue weighted by atomic mass is 16.2. The van der Waals surface area contributed by atoms with Gasteiger partial charge in [0.05, 0.1) is 6.20 Å². The molecule has 1 aliphatic rings. The van der Waals surface area contributed by atoms with Crippen LogP contribution in [-0.2, 0) is 4.79 Å². The summed E-state index contributed by atoms with van der Waals surface area (Å²) in [7, 11) is 0. The molecule has 0 radical (unpaired) electrons. The van der Waals surface area contributed by atoms with Crippen molar-refractivity contribution in [2.75, 3.05) is 13.1 Å². The summed E-state index contributed by atoms with van der Waals surface area (Å²) in [6.07, 6.45) is 2.86. The Bertz CT molecular complexity index is 505. The van der Waals surface area contributed by atoms with Crippen molar-refractivity contribution in [1.82, 2.24) is 20.2 Å². The molecule has 96 valence electrons. The molecular formula is C11H14N4O3. The first-order valence-corrected chi connectivity index (χ1v) is 5.77. The standard InChI is InChI=1S/C11H14N4O3/c1-2-8-10(17)12-3-4-15(8)11(18)7-5-14-9(16)6-13-7/h5-6,8H,2-4H2,1H3,(H,12,17)(H,14,16). The number of nitrogens with one attached hydrogen (secondary N) is 2. The molecule has 2 amide bonds. The van der Waals surface area contributed by atoms with Crippen LogP contribution in [-0.4, -0.2) is 45.8 Å². The highest BCUT2D eigenvalue weighted by Crippen LogP contribution is 2.11. The minimum absolute atomic E-state index is 0.141. The number of aromatic nitrogens is 2. The molecule has 2 N–H and O–H groups in total. The highest BCUT2D eigenvalue weighted by Gasteiger charge is 2.32. The molecule has 1 aromatic heterocycles. The average molecular weight is 250 g/mol. The van der Waals surface area contributed by atoms with Gasteiger partial charge >= 0.3 is 0 Å². The first-order valence-electron chi connectivity index (χ1n) is 5.77. The Morgan fingerprint density at radius 2 is 2.33 bits per heavy atom. The van der Waals surface area contributed by atoms with E-state index in [0.29, 0.717) is 19.5 Å². The number of amides is 2. The zero-order valence-corrected chi connectivity index (χ0v) is 9.97. The number of carbonyl (C=O) groups excluding carboxylic acids is 2. The molecule has 1 aliphatic heterocycles. The molecule has 7 nitrogen and oxygen atoms in total. The second kappa shape index (κ2) is 4.99. The van der Waals surface area contributed by atoms with Crippen molar-refractivity contribution in [2.45, 2.75) is 19.4 Å². The summed E-state index contributed by atoms with van der Waals surface area (Å²) in [5.41, 5.74) is -0.224. The third kappa shape index (κ3) is 2.24. The lowest BCUT2D eigenvalue weighted by Crippen LogP contribution is -2.57. The maximum Gasteiger partial charge on any atom is 0.274 e. The Hall–Kier alpha value is -2.18. The third-order valence-corrected chi connectivity index (χ3v) is 2.87. The van der Waals surface area contributed by atoms with Crippen molar-refractivity contribution in [3.63, 3.8) is 0 Å². The summed E-state index contributed by atoms with van der Waals surface area (Å²) in [5.74, 6) is -0.491. The minimum atomic E-state index is -0.472. The molecule has 0 aliphatic carbocycles. The minimum Gasteiger partial charge on any atom is -0.353 e. The molecule has 18 heavy (non-hydrogen) atoms. The van der Waals surface area contributed by atoms with Crippen LogP contribution in [0.15, 0.2) is 17.2 Å². The Morgan fingerprint density at radius 1 is 1.56 bits per heavy atom. The molecule has 7 heteroatoms. The maximum atomic E-state index is 12.2. The van der Waals surface area contributed by atoms with Gasteiger partial charge in [0.15, 0.2) is 0 Å². The van der Waals surface area contributed by atoms with E-state index in [1.807, 2.05) is 6.92 Å². The highest BCUT2D eigenvalue weighted by molar-refractivity contribution is 5.96. The van der Waals surface area contributed by atoms with Gasteiger partial charge in [-0.25, -0.2) is 4.98 Å². The van der Waals surface area contributed by atoms with Gasteiger partial charge in [0.2, 0.25) is 5.91 Å². The van der Waals surface area contributed by atoms with Crippen LogP contribution in [0.2, 0.25) is 0 Å². The van der Waals surface area contributed by atoms with E-state index in [1.165, 1.54) is 11.1 Å². The fourth-order valence-corrected chi connectivity index (χ4v) is 1.97. The Kier molecular flexibility index (Phi) is 3.40. The molecule has 0 saturated carbocycles. The van der Waals surface area contributed by atoms with Gasteiger partial charge in [-0.05, 0) is 6.42 Å². The van der Waals surface area contributed by atoms with Crippen LogP contribution in [0.5, 0.6) is 0 Å². The Balaban J connectivity index is 2.24. The van der Waals surface area contributed by atoms with Crippen molar-refractivity contribution in [3.8, 4) is 0 Å². The quantitative estimate of drug-likeness (QED) is 0.712. The van der Waals surface area contributed by atoms with Gasteiger partial charge in [0, 0.05) is 19.3 Å². The molecule has 1 fully saturated rings. The van der Waals surface area contributed by atoms with Crippen LogP contribution < -0.4 is 10.9 Å². The van der Waals surface area contributed by atoms with Gasteiger partial charge < -0.3 is 15.2 Å². The van der Waals surface area contributed by atoms with Crippen molar-refractivity contribution < 1.29 is 9.59 Å². The van der Waals surface area contributed by atoms with Crippen molar-refractivity contribution in [3.05, 3.63) is 28.4 Å². The first kappa shape index (κ1) is 12.3. The molecule has 2 rings (SSSR count). The number of hydrogen-bond donors (Lipinski definition) is 2. The molecule has 0 spiro atoms. The molecule has 0 bridgehead atoms. The number of H-pyrrole nitrogens is 1. The summed E-state index contributed by atoms with van der Waals surface area (Å²) >= 11 is 0. The van der Waals surface area contributed by atoms with E-state index < -0.39 is 6.04 Å². The second-order valence-electron chi connectivity index (χ2n) is 4.01. The van der Waals surface area contributed by atoms with Crippen molar-refractivity contribution in [2.24, 2.45) is 0 Å². The van der Waals surface area contributed by atoms with Crippen LogP contribution >= 0.6 is 0 Å². The van der Waals surface area contributed by atoms with E-state index in [2.05, 4.69) is 15.3 Å². The molecule has 1 atom stereocenters. The lowest BCUT2D eigenvalue weighted by atomic mass is 10.1. The van der Waals surface area contributed by atoms with Gasteiger partial charge in [-0.3, -0.25) is 14.4 Å². The molecule has 0 aromatic carbocycles. The summed E-state index contributed by atoms with van der Waals surface area (Å²) in [6, 6.07) is -0.472. The average Bonchev–Trinajstić information content (AvgIpc) is 2.38. The second-order valence-corrected chi connectivity index (χ2v) is 4.01. The van der Waals surface area contributed by atoms with Crippen molar-refractivity contribution >= 4 is 11.8 Å². The number of hydrogen-bond acceptors (Lipinski definition) is 4. The van der Waals surface area contributed by atoms with Gasteiger partial charge in [-0.1, -0.05) is 6.92 Å². The monoisotopic (exact) mass is 250 g/mol. The number of nitrogens with zero attached hydrogens (tertiary/aromatic N) is 2. The Labute approximate surface area is 103 Å². The normalized spacial score (nSPS) is 19.5. The largest absolute Gasteiger partial charge is 0.353 e. The van der Waals surface area contributed by atoms with Crippen LogP contribution in [0, 0.1) is 0 Å². The van der Waals surface area contributed by atoms with E-state index >= 15 is 0 Å². The van der Waals surface area contributed by atoms with Crippen LogP contribution in [0.4, 0.5) is 0 Å². The fraction of sp³-hybridized carbons (Fsp3) is 0.455. The zero-order valence-electron chi connectivity index (χ0n) is 9.97. The van der Waals surface area contributed by atoms with E-state index in [9.17, 15) is 14.4 Å². The number of rotatable bonds is 2. The van der Waals surface area contributed by atoms with Gasteiger partial charge in [0.25, 0.3) is 11.5 Å². The molecule has 1 aromatic rings. The lowest BCUT2D eigenvalue weighted by molar-refractivity contribution is -0.127. The number of carbonyl (C=O) groups is 2. The predicted molar refractivity (Wildman–Crippen MR) is 63.0 cm³/mol. The van der Waals surface area contributed by atoms with Gasteiger partial charge in [-0.15, -0.1) is 0 Å². The number of aromatic amines is 1. The fourth-order valence-electron chi connectivity index (χ4n) is 1.97. The van der Waals surface area contributed by atoms with Gasteiger partial charge in [0.1, 0.15) is 11.7 Å². The molecule has 2 heterocycles. The molecular weight excluding hydrogens is 236 g/mol.